The van der Waals surface area contributed by atoms with Crippen molar-refractivity contribution in [1.29, 1.82) is 0 Å². The van der Waals surface area contributed by atoms with Crippen molar-refractivity contribution in [2.24, 2.45) is 13.0 Å². The number of carbonyl (C=O) groups excluding carboxylic acids is 2. The zero-order valence-corrected chi connectivity index (χ0v) is 46.0. The summed E-state index contributed by atoms with van der Waals surface area (Å²) in [5.41, 5.74) is 5.62. The summed E-state index contributed by atoms with van der Waals surface area (Å²) < 4.78 is 40.9. The lowest BCUT2D eigenvalue weighted by Gasteiger charge is -2.42. The number of nitrogens with one attached hydrogen (secondary N) is 2. The number of sulfonamides is 1. The van der Waals surface area contributed by atoms with Gasteiger partial charge in [-0.3, -0.25) is 14.9 Å². The fourth-order valence-corrected chi connectivity index (χ4v) is 12.1. The summed E-state index contributed by atoms with van der Waals surface area (Å²) in [6.07, 6.45) is 8.77. The van der Waals surface area contributed by atoms with Crippen LogP contribution < -0.4 is 14.8 Å². The normalized spacial score (nSPS) is 15.0. The number of aryl methyl sites for hydroxylation is 2. The third-order valence-corrected chi connectivity index (χ3v) is 17.0. The van der Waals surface area contributed by atoms with Crippen LogP contribution in [0.15, 0.2) is 157 Å². The van der Waals surface area contributed by atoms with E-state index < -0.39 is 45.1 Å². The Bertz CT molecular complexity index is 3250. The van der Waals surface area contributed by atoms with Crippen molar-refractivity contribution in [3.63, 3.8) is 0 Å². The number of likely N-dealkylation sites (tertiary alicyclic amines) is 1. The van der Waals surface area contributed by atoms with Gasteiger partial charge in [0, 0.05) is 41.8 Å². The monoisotopic (exact) mass is 1080 g/mol. The number of aliphatic carboxylic acids is 1. The largest absolute Gasteiger partial charge is 0.496 e. The topological polar surface area (TPSA) is 197 Å². The highest BCUT2D eigenvalue weighted by Crippen LogP contribution is 2.42. The van der Waals surface area contributed by atoms with E-state index >= 15 is 0 Å². The molecular formula is C63H72N4O10S. The lowest BCUT2D eigenvalue weighted by atomic mass is 9.72. The maximum absolute atomic E-state index is 12.9. The number of nitrogens with zero attached hydrogens (tertiary/aromatic N) is 2. The number of aromatic nitrogens is 1. The number of carbonyl (C=O) groups is 3. The van der Waals surface area contributed by atoms with Crippen molar-refractivity contribution in [2.45, 2.75) is 107 Å². The SMILES string of the molecule is CC(C)(C(=O)O)c1ccc(C(O)CCCN2CCC(C(O)(c3ccccc3)c3ccccc3)CC2)cc1.COc1cc(C(=O)NS(=O)(=O)c2ccccc2C)ccc1Cc1cn(C)c2ccc(NC(=O)OC3CCCC3)cc12. The Morgan fingerprint density at radius 3 is 2.01 bits per heavy atom. The summed E-state index contributed by atoms with van der Waals surface area (Å²) >= 11 is 0. The number of benzene rings is 6. The van der Waals surface area contributed by atoms with Gasteiger partial charge in [-0.2, -0.15) is 0 Å². The summed E-state index contributed by atoms with van der Waals surface area (Å²) in [4.78, 5) is 39.3. The molecule has 1 saturated carbocycles. The molecule has 1 atom stereocenters. The number of anilines is 1. The predicted molar refractivity (Wildman–Crippen MR) is 303 cm³/mol. The maximum atomic E-state index is 12.9. The van der Waals surface area contributed by atoms with Crippen LogP contribution in [0.1, 0.15) is 121 Å². The molecule has 14 nitrogen and oxygen atoms in total. The van der Waals surface area contributed by atoms with Crippen LogP contribution >= 0.6 is 0 Å². The summed E-state index contributed by atoms with van der Waals surface area (Å²) in [5, 5.41) is 36.0. The van der Waals surface area contributed by atoms with Crippen molar-refractivity contribution < 1.29 is 47.6 Å². The smallest absolute Gasteiger partial charge is 0.411 e. The number of ether oxygens (including phenoxy) is 2. The Hall–Kier alpha value is -7.30. The average Bonchev–Trinajstić information content (AvgIpc) is 4.10. The number of amides is 2. The van der Waals surface area contributed by atoms with Crippen LogP contribution in [0.5, 0.6) is 5.75 Å². The van der Waals surface area contributed by atoms with E-state index in [0.717, 1.165) is 109 Å². The number of aliphatic hydroxyl groups is 2. The van der Waals surface area contributed by atoms with Crippen molar-refractivity contribution in [3.05, 3.63) is 196 Å². The number of hydrogen-bond acceptors (Lipinski definition) is 10. The predicted octanol–water partition coefficient (Wildman–Crippen LogP) is 11.2. The molecule has 6 aromatic carbocycles. The molecule has 2 fully saturated rings. The van der Waals surface area contributed by atoms with Crippen molar-refractivity contribution in [2.75, 3.05) is 32.1 Å². The van der Waals surface area contributed by atoms with E-state index in [1.165, 1.54) is 19.2 Å². The van der Waals surface area contributed by atoms with Gasteiger partial charge in [-0.15, -0.1) is 0 Å². The molecule has 1 aliphatic heterocycles. The molecule has 15 heteroatoms. The van der Waals surface area contributed by atoms with E-state index in [9.17, 15) is 38.1 Å². The number of methoxy groups -OCH3 is 1. The van der Waals surface area contributed by atoms with Crippen LogP contribution in [0.4, 0.5) is 10.5 Å². The molecular weight excluding hydrogens is 1000 g/mol. The second-order valence-electron chi connectivity index (χ2n) is 21.2. The molecule has 2 heterocycles. The molecule has 5 N–H and O–H groups in total. The first-order chi connectivity index (χ1) is 37.4. The molecule has 410 valence electrons. The van der Waals surface area contributed by atoms with Gasteiger partial charge in [-0.25, -0.2) is 17.9 Å². The van der Waals surface area contributed by atoms with E-state index in [1.807, 2.05) is 109 Å². The second-order valence-corrected chi connectivity index (χ2v) is 22.8. The first-order valence-electron chi connectivity index (χ1n) is 26.8. The van der Waals surface area contributed by atoms with Gasteiger partial charge < -0.3 is 34.3 Å². The van der Waals surface area contributed by atoms with E-state index in [4.69, 9.17) is 9.47 Å². The van der Waals surface area contributed by atoms with Gasteiger partial charge in [-0.1, -0.05) is 109 Å². The molecule has 1 unspecified atom stereocenters. The first kappa shape index (κ1) is 56.9. The highest BCUT2D eigenvalue weighted by atomic mass is 32.2. The van der Waals surface area contributed by atoms with Crippen LogP contribution in [0, 0.1) is 12.8 Å². The lowest BCUT2D eigenvalue weighted by Crippen LogP contribution is -2.44. The molecule has 2 aliphatic rings. The molecule has 0 spiro atoms. The Morgan fingerprint density at radius 1 is 0.769 bits per heavy atom. The van der Waals surface area contributed by atoms with Crippen LogP contribution in [-0.4, -0.2) is 84.0 Å². The number of hydrogen-bond donors (Lipinski definition) is 5. The Morgan fingerprint density at radius 2 is 1.40 bits per heavy atom. The Kier molecular flexibility index (Phi) is 18.2. The van der Waals surface area contributed by atoms with Crippen LogP contribution in [0.25, 0.3) is 10.9 Å². The van der Waals surface area contributed by atoms with Crippen LogP contribution in [-0.2, 0) is 44.0 Å². The minimum Gasteiger partial charge on any atom is -0.496 e. The zero-order valence-electron chi connectivity index (χ0n) is 45.2. The molecule has 1 saturated heterocycles. The molecule has 9 rings (SSSR count). The molecule has 1 aromatic heterocycles. The number of fused-ring (bicyclic) bond motifs is 1. The molecule has 0 bridgehead atoms. The molecule has 2 amide bonds. The number of aliphatic hydroxyl groups excluding tert-OH is 1. The summed E-state index contributed by atoms with van der Waals surface area (Å²) in [7, 11) is -0.583. The summed E-state index contributed by atoms with van der Waals surface area (Å²) in [5.74, 6) is -1.02. The maximum Gasteiger partial charge on any atom is 0.411 e. The fraction of sp³-hybridized carbons (Fsp3) is 0.349. The van der Waals surface area contributed by atoms with Gasteiger partial charge in [0.2, 0.25) is 0 Å². The molecule has 7 aromatic rings. The summed E-state index contributed by atoms with van der Waals surface area (Å²) in [6.45, 7) is 7.78. The van der Waals surface area contributed by atoms with Crippen LogP contribution in [0.2, 0.25) is 0 Å². The van der Waals surface area contributed by atoms with E-state index in [1.54, 1.807) is 63.2 Å². The van der Waals surface area contributed by atoms with Gasteiger partial charge in [0.1, 0.15) is 17.5 Å². The van der Waals surface area contributed by atoms with Crippen molar-refractivity contribution in [1.82, 2.24) is 14.2 Å². The standard InChI is InChI=1S/C32H39NO4.C31H33N3O6S/c1-31(2,30(35)36)25-17-15-24(16-18-25)29(34)14-9-21-33-22-19-28(20-23-33)32(37,26-10-5-3-6-11-26)27-12-7-4-8-13-27;1-20-8-4-7-11-29(20)41(37,38)33-30(35)22-13-12-21(28(17-22)39-3)16-23-19-34(2)27-15-14-24(18-26(23)27)32-31(36)40-25-9-5-6-10-25/h3-8,10-13,15-18,28-29,34,37H,9,14,19-23H2,1-2H3,(H,35,36);4,7-8,11-15,17-19,25H,5-6,9-10,16H2,1-3H3,(H,32,36)(H,33,35). The van der Waals surface area contributed by atoms with E-state index in [0.29, 0.717) is 29.8 Å². The van der Waals surface area contributed by atoms with E-state index in [2.05, 4.69) is 14.9 Å². The number of piperidine rings is 1. The van der Waals surface area contributed by atoms with Crippen molar-refractivity contribution in [3.8, 4) is 5.75 Å². The van der Waals surface area contributed by atoms with Gasteiger partial charge in [0.25, 0.3) is 15.9 Å². The molecule has 1 aliphatic carbocycles. The third-order valence-electron chi connectivity index (χ3n) is 15.5. The number of carboxylic acid groups (broad SMARTS) is 1. The summed E-state index contributed by atoms with van der Waals surface area (Å²) in [6, 6.07) is 44.4. The zero-order chi connectivity index (χ0) is 55.6. The molecule has 0 radical (unpaired) electrons. The van der Waals surface area contributed by atoms with Gasteiger partial charge in [0.05, 0.1) is 23.5 Å². The van der Waals surface area contributed by atoms with Crippen molar-refractivity contribution >= 4 is 44.6 Å². The highest BCUT2D eigenvalue weighted by molar-refractivity contribution is 7.90. The number of carboxylic acids is 1. The average molecular weight is 1080 g/mol. The van der Waals surface area contributed by atoms with Gasteiger partial charge in [0.15, 0.2) is 0 Å². The number of rotatable bonds is 18. The van der Waals surface area contributed by atoms with Crippen LogP contribution in [0.3, 0.4) is 0 Å². The first-order valence-corrected chi connectivity index (χ1v) is 28.3. The molecule has 78 heavy (non-hydrogen) atoms. The quantitative estimate of drug-likeness (QED) is 0.0548. The Balaban J connectivity index is 0.000000207. The van der Waals surface area contributed by atoms with E-state index in [-0.39, 0.29) is 22.5 Å². The minimum absolute atomic E-state index is 0.0221. The lowest BCUT2D eigenvalue weighted by molar-refractivity contribution is -0.142. The minimum atomic E-state index is -4.04. The second kappa shape index (κ2) is 25.0. The third kappa shape index (κ3) is 13.3. The van der Waals surface area contributed by atoms with Gasteiger partial charge >= 0.3 is 12.1 Å². The highest BCUT2D eigenvalue weighted by Gasteiger charge is 2.41. The fourth-order valence-electron chi connectivity index (χ4n) is 10.8. The Labute approximate surface area is 458 Å². The van der Waals surface area contributed by atoms with Gasteiger partial charge in [-0.05, 0) is 173 Å².